The number of hydrogen-bond acceptors (Lipinski definition) is 6. The van der Waals surface area contributed by atoms with Crippen molar-refractivity contribution >= 4 is 17.9 Å². The summed E-state index contributed by atoms with van der Waals surface area (Å²) in [7, 11) is 0. The Kier molecular flexibility index (Phi) is 53.9. The molecule has 0 aliphatic heterocycles. The molecule has 0 amide bonds. The number of esters is 3. The van der Waals surface area contributed by atoms with Gasteiger partial charge in [0.1, 0.15) is 13.2 Å². The molecule has 69 heavy (non-hydrogen) atoms. The van der Waals surface area contributed by atoms with E-state index in [2.05, 4.69) is 118 Å². The van der Waals surface area contributed by atoms with E-state index in [1.54, 1.807) is 0 Å². The number of unbranched alkanes of at least 4 members (excludes halogenated alkanes) is 24. The van der Waals surface area contributed by atoms with Gasteiger partial charge in [0.15, 0.2) is 6.10 Å². The fraction of sp³-hybridized carbons (Fsp3) is 0.698. The Morgan fingerprint density at radius 3 is 0.899 bits per heavy atom. The van der Waals surface area contributed by atoms with Crippen LogP contribution < -0.4 is 0 Å². The molecule has 0 aromatic carbocycles. The molecule has 0 radical (unpaired) electrons. The summed E-state index contributed by atoms with van der Waals surface area (Å²) in [5.74, 6) is -0.924. The first-order chi connectivity index (χ1) is 34.0. The molecule has 0 aliphatic rings. The number of allylic oxidation sites excluding steroid dienone is 16. The van der Waals surface area contributed by atoms with E-state index in [1.165, 1.54) is 89.9 Å². The van der Waals surface area contributed by atoms with Gasteiger partial charge in [0.05, 0.1) is 0 Å². The Hall–Kier alpha value is -3.67. The number of carbonyl (C=O) groups excluding carboxylic acids is 3. The zero-order chi connectivity index (χ0) is 50.0. The quantitative estimate of drug-likeness (QED) is 0.0262. The standard InChI is InChI=1S/C63H106O6/c1-4-7-10-13-16-19-22-25-28-31-32-33-36-38-41-44-47-50-53-56-62(65)68-59-60(69-63(66)57-54-51-48-45-42-39-35-30-27-24-21-18-15-12-9-6-3)58-67-61(64)55-52-49-46-43-40-37-34-29-26-23-20-17-14-11-8-5-2/h7,9-10,12,16,18-19,21,25,27-30,32-34,60H,4-6,8,11,13-15,17,20,22-24,26,31,35-59H2,1-3H3/b10-7-,12-9-,19-16-,21-18-,28-25-,30-27-,33-32-,34-29-. The summed E-state index contributed by atoms with van der Waals surface area (Å²) in [5, 5.41) is 0. The highest BCUT2D eigenvalue weighted by molar-refractivity contribution is 5.71. The summed E-state index contributed by atoms with van der Waals surface area (Å²) >= 11 is 0. The molecule has 6 heteroatoms. The third-order valence-corrected chi connectivity index (χ3v) is 12.1. The van der Waals surface area contributed by atoms with Crippen molar-refractivity contribution in [1.82, 2.24) is 0 Å². The lowest BCUT2D eigenvalue weighted by molar-refractivity contribution is -0.167. The smallest absolute Gasteiger partial charge is 0.306 e. The van der Waals surface area contributed by atoms with Gasteiger partial charge in [-0.2, -0.15) is 0 Å². The van der Waals surface area contributed by atoms with E-state index in [0.717, 1.165) is 135 Å². The Labute approximate surface area is 426 Å². The Morgan fingerprint density at radius 2 is 0.565 bits per heavy atom. The van der Waals surface area contributed by atoms with Gasteiger partial charge in [-0.05, 0) is 116 Å². The van der Waals surface area contributed by atoms with Crippen LogP contribution in [-0.2, 0) is 28.6 Å². The summed E-state index contributed by atoms with van der Waals surface area (Å²) in [6.45, 7) is 6.39. The summed E-state index contributed by atoms with van der Waals surface area (Å²) in [5.41, 5.74) is 0. The highest BCUT2D eigenvalue weighted by Gasteiger charge is 2.19. The molecule has 0 aliphatic carbocycles. The number of hydrogen-bond donors (Lipinski definition) is 0. The van der Waals surface area contributed by atoms with Crippen LogP contribution >= 0.6 is 0 Å². The fourth-order valence-corrected chi connectivity index (χ4v) is 7.80. The molecule has 0 aromatic rings. The van der Waals surface area contributed by atoms with E-state index in [0.29, 0.717) is 19.3 Å². The molecular weight excluding hydrogens is 853 g/mol. The second-order valence-electron chi connectivity index (χ2n) is 18.8. The molecule has 1 atom stereocenters. The van der Waals surface area contributed by atoms with Crippen molar-refractivity contribution in [2.75, 3.05) is 13.2 Å². The summed E-state index contributed by atoms with van der Waals surface area (Å²) in [4.78, 5) is 38.2. The Morgan fingerprint density at radius 1 is 0.304 bits per heavy atom. The molecule has 0 rings (SSSR count). The zero-order valence-electron chi connectivity index (χ0n) is 45.0. The van der Waals surface area contributed by atoms with E-state index in [1.807, 2.05) is 0 Å². The molecular formula is C63H106O6. The first-order valence-corrected chi connectivity index (χ1v) is 28.7. The number of carbonyl (C=O) groups is 3. The van der Waals surface area contributed by atoms with Crippen LogP contribution in [0.5, 0.6) is 0 Å². The first kappa shape index (κ1) is 65.3. The van der Waals surface area contributed by atoms with Crippen molar-refractivity contribution in [3.63, 3.8) is 0 Å². The van der Waals surface area contributed by atoms with Crippen LogP contribution in [0.2, 0.25) is 0 Å². The van der Waals surface area contributed by atoms with Crippen LogP contribution in [0.1, 0.15) is 265 Å². The predicted molar refractivity (Wildman–Crippen MR) is 297 cm³/mol. The maximum Gasteiger partial charge on any atom is 0.306 e. The van der Waals surface area contributed by atoms with Gasteiger partial charge in [0, 0.05) is 19.3 Å². The summed E-state index contributed by atoms with van der Waals surface area (Å²) < 4.78 is 16.9. The van der Waals surface area contributed by atoms with E-state index >= 15 is 0 Å². The van der Waals surface area contributed by atoms with Gasteiger partial charge in [0.2, 0.25) is 0 Å². The topological polar surface area (TPSA) is 78.9 Å². The van der Waals surface area contributed by atoms with Crippen molar-refractivity contribution in [1.29, 1.82) is 0 Å². The van der Waals surface area contributed by atoms with Crippen LogP contribution in [0.4, 0.5) is 0 Å². The zero-order valence-corrected chi connectivity index (χ0v) is 45.0. The molecule has 0 heterocycles. The van der Waals surface area contributed by atoms with E-state index in [-0.39, 0.29) is 31.1 Å². The molecule has 0 N–H and O–H groups in total. The molecule has 394 valence electrons. The van der Waals surface area contributed by atoms with Crippen molar-refractivity contribution in [3.05, 3.63) is 97.2 Å². The van der Waals surface area contributed by atoms with Crippen LogP contribution in [-0.4, -0.2) is 37.2 Å². The van der Waals surface area contributed by atoms with Gasteiger partial charge in [0.25, 0.3) is 0 Å². The number of ether oxygens (including phenoxy) is 3. The SMILES string of the molecule is CC/C=C\C/C=C\C/C=C\C/C=C\CCCCCCCCC(=O)OCC(COC(=O)CCCCCCC/C=C\CCCCCCCCC)OC(=O)CCCCCCCC/C=C\C/C=C\C/C=C\CC. The van der Waals surface area contributed by atoms with Crippen molar-refractivity contribution in [2.24, 2.45) is 0 Å². The van der Waals surface area contributed by atoms with Gasteiger partial charge in [-0.15, -0.1) is 0 Å². The molecule has 0 saturated carbocycles. The minimum Gasteiger partial charge on any atom is -0.462 e. The van der Waals surface area contributed by atoms with Crippen molar-refractivity contribution in [3.8, 4) is 0 Å². The van der Waals surface area contributed by atoms with E-state index < -0.39 is 6.10 Å². The third kappa shape index (κ3) is 55.1. The average Bonchev–Trinajstić information content (AvgIpc) is 3.35. The second-order valence-corrected chi connectivity index (χ2v) is 18.8. The normalized spacial score (nSPS) is 12.8. The van der Waals surface area contributed by atoms with Gasteiger partial charge < -0.3 is 14.2 Å². The molecule has 0 saturated heterocycles. The second kappa shape index (κ2) is 56.9. The lowest BCUT2D eigenvalue weighted by Crippen LogP contribution is -2.30. The number of rotatable bonds is 51. The first-order valence-electron chi connectivity index (χ1n) is 28.7. The maximum absolute atomic E-state index is 12.9. The van der Waals surface area contributed by atoms with Crippen LogP contribution in [0.3, 0.4) is 0 Å². The molecule has 1 unspecified atom stereocenters. The molecule has 0 spiro atoms. The summed E-state index contributed by atoms with van der Waals surface area (Å²) in [6, 6.07) is 0. The van der Waals surface area contributed by atoms with E-state index in [9.17, 15) is 14.4 Å². The predicted octanol–water partition coefficient (Wildman–Crippen LogP) is 19.3. The van der Waals surface area contributed by atoms with Gasteiger partial charge in [-0.25, -0.2) is 0 Å². The molecule has 6 nitrogen and oxygen atoms in total. The van der Waals surface area contributed by atoms with Crippen molar-refractivity contribution < 1.29 is 28.6 Å². The Bertz CT molecular complexity index is 1380. The van der Waals surface area contributed by atoms with E-state index in [4.69, 9.17) is 14.2 Å². The van der Waals surface area contributed by atoms with Gasteiger partial charge in [-0.3, -0.25) is 14.4 Å². The lowest BCUT2D eigenvalue weighted by atomic mass is 10.1. The minimum atomic E-state index is -0.795. The van der Waals surface area contributed by atoms with Crippen LogP contribution in [0.25, 0.3) is 0 Å². The monoisotopic (exact) mass is 959 g/mol. The highest BCUT2D eigenvalue weighted by atomic mass is 16.6. The van der Waals surface area contributed by atoms with Crippen LogP contribution in [0.15, 0.2) is 97.2 Å². The highest BCUT2D eigenvalue weighted by Crippen LogP contribution is 2.14. The summed E-state index contributed by atoms with van der Waals surface area (Å²) in [6.07, 6.45) is 75.3. The van der Waals surface area contributed by atoms with Crippen LogP contribution in [0, 0.1) is 0 Å². The van der Waals surface area contributed by atoms with Crippen molar-refractivity contribution in [2.45, 2.75) is 271 Å². The Balaban J connectivity index is 4.44. The van der Waals surface area contributed by atoms with Gasteiger partial charge in [-0.1, -0.05) is 227 Å². The molecule has 0 aromatic heterocycles. The fourth-order valence-electron chi connectivity index (χ4n) is 7.80. The maximum atomic E-state index is 12.9. The average molecular weight is 960 g/mol. The van der Waals surface area contributed by atoms with Gasteiger partial charge >= 0.3 is 17.9 Å². The largest absolute Gasteiger partial charge is 0.462 e. The third-order valence-electron chi connectivity index (χ3n) is 12.1. The molecule has 0 bridgehead atoms. The minimum absolute atomic E-state index is 0.0923. The molecule has 0 fully saturated rings. The lowest BCUT2D eigenvalue weighted by Gasteiger charge is -2.18.